The van der Waals surface area contributed by atoms with Crippen LogP contribution in [0.15, 0.2) is 61.2 Å². The summed E-state index contributed by atoms with van der Waals surface area (Å²) in [6.07, 6.45) is 2.79. The summed E-state index contributed by atoms with van der Waals surface area (Å²) in [6.45, 7) is 0. The topological polar surface area (TPSA) is 108 Å². The number of nitro groups is 1. The number of hydrogen-bond acceptors (Lipinski definition) is 7. The van der Waals surface area contributed by atoms with E-state index >= 15 is 0 Å². The van der Waals surface area contributed by atoms with Crippen molar-refractivity contribution in [1.29, 1.82) is 0 Å². The Morgan fingerprint density at radius 1 is 1.11 bits per heavy atom. The molecule has 0 amide bonds. The van der Waals surface area contributed by atoms with Crippen molar-refractivity contribution in [1.82, 2.24) is 19.5 Å². The largest absolute Gasteiger partial charge is 0.497 e. The van der Waals surface area contributed by atoms with Crippen LogP contribution in [0, 0.1) is 10.1 Å². The van der Waals surface area contributed by atoms with E-state index in [1.54, 1.807) is 35.9 Å². The molecule has 9 nitrogen and oxygen atoms in total. The number of nitrogens with zero attached hydrogens (tertiary/aromatic N) is 5. The van der Waals surface area contributed by atoms with Gasteiger partial charge >= 0.3 is 5.69 Å². The van der Waals surface area contributed by atoms with E-state index in [9.17, 15) is 10.1 Å². The van der Waals surface area contributed by atoms with Crippen LogP contribution in [-0.2, 0) is 0 Å². The predicted molar refractivity (Wildman–Crippen MR) is 99.6 cm³/mol. The van der Waals surface area contributed by atoms with Gasteiger partial charge in [0.15, 0.2) is 0 Å². The predicted octanol–water partition coefficient (Wildman–Crippen LogP) is 3.48. The van der Waals surface area contributed by atoms with Gasteiger partial charge in [-0.3, -0.25) is 14.7 Å². The first-order valence-electron chi connectivity index (χ1n) is 8.00. The molecule has 0 saturated heterocycles. The Hall–Kier alpha value is -4.01. The van der Waals surface area contributed by atoms with Gasteiger partial charge in [0, 0.05) is 11.8 Å². The van der Waals surface area contributed by atoms with Crippen molar-refractivity contribution in [3.8, 4) is 11.6 Å². The number of hydrogen-bond donors (Lipinski definition) is 1. The molecule has 0 atom stereocenters. The normalized spacial score (nSPS) is 10.7. The number of aromatic nitrogens is 4. The van der Waals surface area contributed by atoms with Gasteiger partial charge in [-0.1, -0.05) is 18.2 Å². The number of fused-ring (bicyclic) bond motifs is 1. The van der Waals surface area contributed by atoms with E-state index in [1.165, 1.54) is 12.7 Å². The molecule has 9 heteroatoms. The average molecular weight is 362 g/mol. The maximum Gasteiger partial charge on any atom is 0.354 e. The van der Waals surface area contributed by atoms with Gasteiger partial charge in [-0.2, -0.15) is 0 Å². The minimum Gasteiger partial charge on any atom is -0.497 e. The second-order valence-electron chi connectivity index (χ2n) is 5.61. The van der Waals surface area contributed by atoms with E-state index in [0.29, 0.717) is 22.5 Å². The highest BCUT2D eigenvalue weighted by Gasteiger charge is 2.25. The summed E-state index contributed by atoms with van der Waals surface area (Å²) in [7, 11) is 1.55. The Bertz CT molecular complexity index is 1140. The lowest BCUT2D eigenvalue weighted by atomic mass is 10.3. The van der Waals surface area contributed by atoms with Gasteiger partial charge in [0.05, 0.1) is 23.1 Å². The SMILES string of the molecule is COc1cccc(Nc2ncnc(-n3cnc4ccccc43)c2[N+](=O)[O-])c1. The van der Waals surface area contributed by atoms with Crippen LogP contribution in [0.4, 0.5) is 17.2 Å². The van der Waals surface area contributed by atoms with Crippen molar-refractivity contribution in [2.75, 3.05) is 12.4 Å². The zero-order valence-electron chi connectivity index (χ0n) is 14.2. The molecule has 134 valence electrons. The number of ether oxygens (including phenoxy) is 1. The minimum absolute atomic E-state index is 0.0797. The maximum atomic E-state index is 11.8. The molecule has 0 aliphatic rings. The Morgan fingerprint density at radius 3 is 2.78 bits per heavy atom. The van der Waals surface area contributed by atoms with Crippen LogP contribution < -0.4 is 10.1 Å². The minimum atomic E-state index is -0.507. The van der Waals surface area contributed by atoms with Crippen molar-refractivity contribution >= 4 is 28.2 Å². The Morgan fingerprint density at radius 2 is 1.96 bits per heavy atom. The Labute approximate surface area is 153 Å². The van der Waals surface area contributed by atoms with E-state index < -0.39 is 4.92 Å². The summed E-state index contributed by atoms with van der Waals surface area (Å²) in [5.41, 5.74) is 1.79. The number of para-hydroxylation sites is 2. The summed E-state index contributed by atoms with van der Waals surface area (Å²) < 4.78 is 6.76. The van der Waals surface area contributed by atoms with Crippen molar-refractivity contribution in [2.24, 2.45) is 0 Å². The lowest BCUT2D eigenvalue weighted by Crippen LogP contribution is -2.07. The molecule has 0 spiro atoms. The second-order valence-corrected chi connectivity index (χ2v) is 5.61. The highest BCUT2D eigenvalue weighted by molar-refractivity contribution is 5.79. The lowest BCUT2D eigenvalue weighted by molar-refractivity contribution is -0.384. The van der Waals surface area contributed by atoms with Crippen LogP contribution in [0.1, 0.15) is 0 Å². The van der Waals surface area contributed by atoms with Crippen LogP contribution >= 0.6 is 0 Å². The molecular formula is C18H14N6O3. The number of benzene rings is 2. The molecule has 2 aromatic heterocycles. The van der Waals surface area contributed by atoms with Gasteiger partial charge in [0.25, 0.3) is 0 Å². The quantitative estimate of drug-likeness (QED) is 0.428. The molecule has 0 unspecified atom stereocenters. The molecule has 1 N–H and O–H groups in total. The molecule has 4 aromatic rings. The van der Waals surface area contributed by atoms with Crippen LogP contribution in [0.5, 0.6) is 5.75 Å². The standard InChI is InChI=1S/C18H14N6O3/c1-27-13-6-4-5-12(9-13)22-17-16(24(25)26)18(20-10-19-17)23-11-21-14-7-2-3-8-15(14)23/h2-11H,1H3,(H,19,20,22). The Kier molecular flexibility index (Phi) is 4.09. The molecule has 0 fully saturated rings. The number of anilines is 2. The first-order chi connectivity index (χ1) is 13.2. The second kappa shape index (κ2) is 6.71. The van der Waals surface area contributed by atoms with Gasteiger partial charge in [-0.25, -0.2) is 15.0 Å². The number of methoxy groups -OCH3 is 1. The summed E-state index contributed by atoms with van der Waals surface area (Å²) in [4.78, 5) is 23.8. The van der Waals surface area contributed by atoms with Crippen molar-refractivity contribution in [3.63, 3.8) is 0 Å². The number of nitrogens with one attached hydrogen (secondary N) is 1. The van der Waals surface area contributed by atoms with Crippen molar-refractivity contribution in [3.05, 3.63) is 71.3 Å². The van der Waals surface area contributed by atoms with E-state index in [1.807, 2.05) is 24.3 Å². The molecule has 4 rings (SSSR count). The number of rotatable bonds is 5. The first kappa shape index (κ1) is 16.5. The molecule has 0 aliphatic heterocycles. The highest BCUT2D eigenvalue weighted by Crippen LogP contribution is 2.32. The molecule has 2 heterocycles. The summed E-state index contributed by atoms with van der Waals surface area (Å²) in [5.74, 6) is 0.836. The summed E-state index contributed by atoms with van der Waals surface area (Å²) in [5, 5.41) is 14.8. The molecule has 0 bridgehead atoms. The summed E-state index contributed by atoms with van der Waals surface area (Å²) in [6, 6.07) is 14.4. The van der Waals surface area contributed by atoms with E-state index in [2.05, 4.69) is 20.3 Å². The molecule has 0 radical (unpaired) electrons. The third-order valence-corrected chi connectivity index (χ3v) is 4.00. The fourth-order valence-corrected chi connectivity index (χ4v) is 2.77. The first-order valence-corrected chi connectivity index (χ1v) is 8.00. The monoisotopic (exact) mass is 362 g/mol. The average Bonchev–Trinajstić information content (AvgIpc) is 3.12. The fourth-order valence-electron chi connectivity index (χ4n) is 2.77. The highest BCUT2D eigenvalue weighted by atomic mass is 16.6. The lowest BCUT2D eigenvalue weighted by Gasteiger charge is -2.10. The van der Waals surface area contributed by atoms with Crippen LogP contribution in [0.2, 0.25) is 0 Å². The van der Waals surface area contributed by atoms with E-state index in [0.717, 1.165) is 0 Å². The Balaban J connectivity index is 1.84. The van der Waals surface area contributed by atoms with E-state index in [-0.39, 0.29) is 17.3 Å². The maximum absolute atomic E-state index is 11.8. The van der Waals surface area contributed by atoms with Gasteiger partial charge in [0.2, 0.25) is 11.6 Å². The zero-order valence-corrected chi connectivity index (χ0v) is 14.2. The zero-order chi connectivity index (χ0) is 18.8. The van der Waals surface area contributed by atoms with Gasteiger partial charge < -0.3 is 10.1 Å². The van der Waals surface area contributed by atoms with Gasteiger partial charge in [-0.05, 0) is 24.3 Å². The molecule has 2 aromatic carbocycles. The number of imidazole rings is 1. The molecule has 27 heavy (non-hydrogen) atoms. The third-order valence-electron chi connectivity index (χ3n) is 4.00. The molecular weight excluding hydrogens is 348 g/mol. The summed E-state index contributed by atoms with van der Waals surface area (Å²) >= 11 is 0. The van der Waals surface area contributed by atoms with Crippen LogP contribution in [0.3, 0.4) is 0 Å². The fraction of sp³-hybridized carbons (Fsp3) is 0.0556. The van der Waals surface area contributed by atoms with Crippen LogP contribution in [0.25, 0.3) is 16.9 Å². The van der Waals surface area contributed by atoms with Gasteiger partial charge in [0.1, 0.15) is 18.4 Å². The van der Waals surface area contributed by atoms with E-state index in [4.69, 9.17) is 4.74 Å². The van der Waals surface area contributed by atoms with Crippen LogP contribution in [-0.4, -0.2) is 31.6 Å². The van der Waals surface area contributed by atoms with Crippen molar-refractivity contribution < 1.29 is 9.66 Å². The van der Waals surface area contributed by atoms with Crippen molar-refractivity contribution in [2.45, 2.75) is 0 Å². The molecule has 0 saturated carbocycles. The molecule has 0 aliphatic carbocycles. The van der Waals surface area contributed by atoms with Gasteiger partial charge in [-0.15, -0.1) is 0 Å². The third kappa shape index (κ3) is 3.01. The smallest absolute Gasteiger partial charge is 0.354 e.